The van der Waals surface area contributed by atoms with Gasteiger partial charge in [0.05, 0.1) is 16.8 Å². The molecule has 1 saturated heterocycles. The largest absolute Gasteiger partial charge is 0.465 e. The van der Waals surface area contributed by atoms with Gasteiger partial charge in [-0.1, -0.05) is 24.3 Å². The third-order valence-corrected chi connectivity index (χ3v) is 8.06. The van der Waals surface area contributed by atoms with Crippen LogP contribution < -0.4 is 5.32 Å². The van der Waals surface area contributed by atoms with Crippen molar-refractivity contribution in [2.24, 2.45) is 0 Å². The Morgan fingerprint density at radius 3 is 2.63 bits per heavy atom. The zero-order valence-electron chi connectivity index (χ0n) is 18.5. The zero-order valence-corrected chi connectivity index (χ0v) is 19.3. The molecule has 0 radical (unpaired) electrons. The van der Waals surface area contributed by atoms with Gasteiger partial charge in [0.2, 0.25) is 10.0 Å². The Kier molecular flexibility index (Phi) is 5.95. The smallest absolute Gasteiger partial charge is 0.404 e. The molecule has 2 aromatic carbocycles. The lowest BCUT2D eigenvalue weighted by molar-refractivity contribution is 0.183. The second-order valence-electron chi connectivity index (χ2n) is 8.29. The molecule has 1 amide bonds. The molecule has 3 heterocycles. The number of aromatic nitrogens is 3. The third kappa shape index (κ3) is 4.47. The van der Waals surface area contributed by atoms with Crippen LogP contribution in [0.15, 0.2) is 65.8 Å². The summed E-state index contributed by atoms with van der Waals surface area (Å²) in [6, 6.07) is 12.5. The molecule has 180 valence electrons. The Morgan fingerprint density at radius 2 is 1.89 bits per heavy atom. The fraction of sp³-hybridized carbons (Fsp3) is 0.208. The monoisotopic (exact) mass is 495 g/mol. The predicted molar refractivity (Wildman–Crippen MR) is 128 cm³/mol. The molecule has 5 rings (SSSR count). The first-order valence-corrected chi connectivity index (χ1v) is 12.5. The van der Waals surface area contributed by atoms with Gasteiger partial charge in [0.15, 0.2) is 5.65 Å². The van der Waals surface area contributed by atoms with E-state index in [9.17, 15) is 13.2 Å². The SMILES string of the molecule is O=C(O)NC1CCN(S(=O)(=O)c2ccccc2-c2ccc(-c3cnc4[nH]ccc4n3)c(F)c2)CC1. The van der Waals surface area contributed by atoms with E-state index < -0.39 is 21.9 Å². The van der Waals surface area contributed by atoms with E-state index in [1.165, 1.54) is 22.6 Å². The summed E-state index contributed by atoms with van der Waals surface area (Å²) < 4.78 is 43.4. The number of nitrogens with zero attached hydrogens (tertiary/aromatic N) is 3. The minimum absolute atomic E-state index is 0.0744. The van der Waals surface area contributed by atoms with Crippen LogP contribution in [0.5, 0.6) is 0 Å². The number of rotatable bonds is 5. The Balaban J connectivity index is 1.45. The molecule has 9 nitrogen and oxygen atoms in total. The average Bonchev–Trinajstić information content (AvgIpc) is 3.32. The van der Waals surface area contributed by atoms with Gasteiger partial charge in [0.25, 0.3) is 0 Å². The first kappa shape index (κ1) is 22.9. The number of H-pyrrole nitrogens is 1. The van der Waals surface area contributed by atoms with Gasteiger partial charge in [-0.05, 0) is 42.7 Å². The van der Waals surface area contributed by atoms with E-state index in [0.29, 0.717) is 40.8 Å². The number of piperidine rings is 1. The maximum Gasteiger partial charge on any atom is 0.404 e. The normalized spacial score (nSPS) is 15.3. The van der Waals surface area contributed by atoms with E-state index >= 15 is 4.39 Å². The number of carboxylic acid groups (broad SMARTS) is 1. The van der Waals surface area contributed by atoms with Crippen LogP contribution in [0.4, 0.5) is 9.18 Å². The number of sulfonamides is 1. The lowest BCUT2D eigenvalue weighted by Crippen LogP contribution is -2.46. The molecule has 11 heteroatoms. The first-order valence-electron chi connectivity index (χ1n) is 11.0. The number of carbonyl (C=O) groups is 1. The van der Waals surface area contributed by atoms with Gasteiger partial charge in [-0.15, -0.1) is 0 Å². The van der Waals surface area contributed by atoms with Crippen LogP contribution in [0.2, 0.25) is 0 Å². The Bertz CT molecular complexity index is 1510. The Hall–Kier alpha value is -3.83. The van der Waals surface area contributed by atoms with E-state index in [1.54, 1.807) is 42.6 Å². The lowest BCUT2D eigenvalue weighted by atomic mass is 10.0. The summed E-state index contributed by atoms with van der Waals surface area (Å²) in [5.41, 5.74) is 2.66. The summed E-state index contributed by atoms with van der Waals surface area (Å²) in [7, 11) is -3.88. The second kappa shape index (κ2) is 9.08. The van der Waals surface area contributed by atoms with Crippen molar-refractivity contribution < 1.29 is 22.7 Å². The van der Waals surface area contributed by atoms with Crippen LogP contribution >= 0.6 is 0 Å². The average molecular weight is 496 g/mol. The van der Waals surface area contributed by atoms with Crippen molar-refractivity contribution in [1.29, 1.82) is 0 Å². The second-order valence-corrected chi connectivity index (χ2v) is 10.2. The van der Waals surface area contributed by atoms with Crippen LogP contribution in [0.3, 0.4) is 0 Å². The number of fused-ring (bicyclic) bond motifs is 1. The molecule has 0 spiro atoms. The minimum atomic E-state index is -3.88. The minimum Gasteiger partial charge on any atom is -0.465 e. The molecule has 0 bridgehead atoms. The van der Waals surface area contributed by atoms with Crippen LogP contribution in [0, 0.1) is 5.82 Å². The van der Waals surface area contributed by atoms with Gasteiger partial charge in [-0.3, -0.25) is 0 Å². The van der Waals surface area contributed by atoms with Crippen molar-refractivity contribution in [3.8, 4) is 22.4 Å². The standard InChI is InChI=1S/C24H22FN5O4S/c25-19-13-15(5-6-18(19)21-14-27-23-20(29-21)7-10-26-23)17-3-1-2-4-22(17)35(33,34)30-11-8-16(9-12-30)28-24(31)32/h1-7,10,13-14,16,28H,8-9,11-12H2,(H,26,27)(H,31,32). The summed E-state index contributed by atoms with van der Waals surface area (Å²) in [4.78, 5) is 22.6. The van der Waals surface area contributed by atoms with Gasteiger partial charge in [0.1, 0.15) is 11.3 Å². The molecule has 2 aromatic heterocycles. The zero-order chi connectivity index (χ0) is 24.6. The van der Waals surface area contributed by atoms with Crippen molar-refractivity contribution >= 4 is 27.3 Å². The van der Waals surface area contributed by atoms with E-state index in [1.807, 2.05) is 0 Å². The van der Waals surface area contributed by atoms with Crippen molar-refractivity contribution in [2.45, 2.75) is 23.8 Å². The summed E-state index contributed by atoms with van der Waals surface area (Å²) in [6.07, 6.45) is 2.82. The fourth-order valence-corrected chi connectivity index (χ4v) is 6.02. The number of hydrogen-bond acceptors (Lipinski definition) is 5. The molecule has 4 aromatic rings. The molecule has 0 atom stereocenters. The number of hydrogen-bond donors (Lipinski definition) is 3. The number of aromatic amines is 1. The maximum absolute atomic E-state index is 15.2. The highest BCUT2D eigenvalue weighted by molar-refractivity contribution is 7.89. The molecule has 0 saturated carbocycles. The van der Waals surface area contributed by atoms with Crippen molar-refractivity contribution in [3.63, 3.8) is 0 Å². The number of nitrogens with one attached hydrogen (secondary N) is 2. The molecule has 1 fully saturated rings. The molecular weight excluding hydrogens is 473 g/mol. The number of halogens is 1. The summed E-state index contributed by atoms with van der Waals surface area (Å²) in [5, 5.41) is 11.3. The van der Waals surface area contributed by atoms with Crippen LogP contribution in [-0.4, -0.2) is 58.0 Å². The van der Waals surface area contributed by atoms with E-state index in [0.717, 1.165) is 0 Å². The molecule has 3 N–H and O–H groups in total. The molecule has 0 aliphatic carbocycles. The Morgan fingerprint density at radius 1 is 1.11 bits per heavy atom. The van der Waals surface area contributed by atoms with Crippen molar-refractivity contribution in [1.82, 2.24) is 24.6 Å². The van der Waals surface area contributed by atoms with Crippen LogP contribution in [-0.2, 0) is 10.0 Å². The Labute approximate surface area is 200 Å². The van der Waals surface area contributed by atoms with Gasteiger partial charge in [-0.2, -0.15) is 4.31 Å². The maximum atomic E-state index is 15.2. The summed E-state index contributed by atoms with van der Waals surface area (Å²) in [5.74, 6) is -0.542. The van der Waals surface area contributed by atoms with Crippen LogP contribution in [0.25, 0.3) is 33.5 Å². The van der Waals surface area contributed by atoms with Crippen molar-refractivity contribution in [2.75, 3.05) is 13.1 Å². The molecular formula is C24H22FN5O4S. The summed E-state index contributed by atoms with van der Waals surface area (Å²) >= 11 is 0. The highest BCUT2D eigenvalue weighted by atomic mass is 32.2. The van der Waals surface area contributed by atoms with Crippen molar-refractivity contribution in [3.05, 3.63) is 66.7 Å². The quantitative estimate of drug-likeness (QED) is 0.386. The van der Waals surface area contributed by atoms with Gasteiger partial charge in [0, 0.05) is 36.5 Å². The molecule has 1 aliphatic rings. The van der Waals surface area contributed by atoms with E-state index in [-0.39, 0.29) is 29.6 Å². The van der Waals surface area contributed by atoms with Crippen LogP contribution in [0.1, 0.15) is 12.8 Å². The first-order chi connectivity index (χ1) is 16.8. The summed E-state index contributed by atoms with van der Waals surface area (Å²) in [6.45, 7) is 0.379. The molecule has 0 unspecified atom stereocenters. The number of amides is 1. The van der Waals surface area contributed by atoms with Gasteiger partial charge >= 0.3 is 6.09 Å². The van der Waals surface area contributed by atoms with Gasteiger partial charge in [-0.25, -0.2) is 27.6 Å². The highest BCUT2D eigenvalue weighted by Gasteiger charge is 2.31. The number of benzene rings is 2. The lowest BCUT2D eigenvalue weighted by Gasteiger charge is -2.31. The molecule has 35 heavy (non-hydrogen) atoms. The fourth-order valence-electron chi connectivity index (χ4n) is 4.33. The van der Waals surface area contributed by atoms with Gasteiger partial charge < -0.3 is 15.4 Å². The topological polar surface area (TPSA) is 128 Å². The predicted octanol–water partition coefficient (Wildman–Crippen LogP) is 3.85. The molecule has 1 aliphatic heterocycles. The van der Waals surface area contributed by atoms with E-state index in [2.05, 4.69) is 20.3 Å². The van der Waals surface area contributed by atoms with E-state index in [4.69, 9.17) is 5.11 Å². The third-order valence-electron chi connectivity index (χ3n) is 6.10. The highest BCUT2D eigenvalue weighted by Crippen LogP contribution is 2.33.